The van der Waals surface area contributed by atoms with Crippen LogP contribution in [0.25, 0.3) is 119 Å². The first-order chi connectivity index (χ1) is 30.2. The highest BCUT2D eigenvalue weighted by Gasteiger charge is 2.21. The fourth-order valence-corrected chi connectivity index (χ4v) is 11.1. The summed E-state index contributed by atoms with van der Waals surface area (Å²) in [7, 11) is 0. The quantitative estimate of drug-likeness (QED) is 0.164. The monoisotopic (exact) mass is 792 g/mol. The van der Waals surface area contributed by atoms with Gasteiger partial charge in [-0.3, -0.25) is 0 Å². The Morgan fingerprint density at radius 1 is 0.295 bits per heavy atom. The predicted octanol–water partition coefficient (Wildman–Crippen LogP) is 16.4. The van der Waals surface area contributed by atoms with E-state index in [1.165, 1.54) is 108 Å². The molecule has 61 heavy (non-hydrogen) atoms. The zero-order chi connectivity index (χ0) is 40.0. The molecule has 0 unspecified atom stereocenters. The zero-order valence-corrected chi connectivity index (χ0v) is 33.9. The second kappa shape index (κ2) is 13.4. The van der Waals surface area contributed by atoms with E-state index in [0.29, 0.717) is 0 Å². The van der Waals surface area contributed by atoms with Crippen molar-refractivity contribution in [2.24, 2.45) is 0 Å². The van der Waals surface area contributed by atoms with Crippen LogP contribution in [-0.2, 0) is 0 Å². The van der Waals surface area contributed by atoms with E-state index in [2.05, 4.69) is 228 Å². The van der Waals surface area contributed by atoms with Gasteiger partial charge in [0.2, 0.25) is 0 Å². The van der Waals surface area contributed by atoms with E-state index < -0.39 is 0 Å². The minimum atomic E-state index is 1.13. The summed E-state index contributed by atoms with van der Waals surface area (Å²) in [5, 5.41) is 10.2. The summed E-state index contributed by atoms with van der Waals surface area (Å²) < 4.78 is 7.58. The van der Waals surface area contributed by atoms with E-state index in [9.17, 15) is 0 Å². The summed E-state index contributed by atoms with van der Waals surface area (Å²) in [4.78, 5) is 0. The molecule has 0 aliphatic carbocycles. The van der Waals surface area contributed by atoms with Crippen molar-refractivity contribution in [3.8, 4) is 44.8 Å². The Labute approximate surface area is 356 Å². The van der Waals surface area contributed by atoms with Gasteiger partial charge in [-0.2, -0.15) is 0 Å². The summed E-state index contributed by atoms with van der Waals surface area (Å²) in [5.74, 6) is 0. The second-order valence-electron chi connectivity index (χ2n) is 16.1. The Morgan fingerprint density at radius 3 is 1.59 bits per heavy atom. The molecule has 13 aromatic rings. The van der Waals surface area contributed by atoms with Crippen molar-refractivity contribution >= 4 is 85.9 Å². The highest BCUT2D eigenvalue weighted by Crippen LogP contribution is 2.45. The van der Waals surface area contributed by atoms with Crippen LogP contribution in [0.5, 0.6) is 0 Å². The lowest BCUT2D eigenvalue weighted by Gasteiger charge is -2.12. The molecule has 0 fully saturated rings. The van der Waals surface area contributed by atoms with Gasteiger partial charge in [-0.1, -0.05) is 152 Å². The van der Waals surface area contributed by atoms with Gasteiger partial charge in [0, 0.05) is 58.7 Å². The fraction of sp³-hybridized carbons (Fsp3) is 0. The number of nitrogens with zero attached hydrogens (tertiary/aromatic N) is 2. The van der Waals surface area contributed by atoms with Gasteiger partial charge >= 0.3 is 0 Å². The molecule has 0 spiro atoms. The summed E-state index contributed by atoms with van der Waals surface area (Å²) in [6, 6.07) is 80.4. The molecule has 3 aromatic heterocycles. The van der Waals surface area contributed by atoms with Crippen LogP contribution in [-0.4, -0.2) is 9.13 Å². The first-order valence-electron chi connectivity index (χ1n) is 20.9. The van der Waals surface area contributed by atoms with Crippen LogP contribution in [0.3, 0.4) is 0 Å². The lowest BCUT2D eigenvalue weighted by atomic mass is 9.96. The number of benzene rings is 10. The molecule has 3 heterocycles. The highest BCUT2D eigenvalue weighted by atomic mass is 32.1. The molecule has 2 nitrogen and oxygen atoms in total. The Balaban J connectivity index is 1.07. The van der Waals surface area contributed by atoms with Gasteiger partial charge in [-0.05, 0) is 105 Å². The number of thiophene rings is 1. The minimum Gasteiger partial charge on any atom is -0.309 e. The van der Waals surface area contributed by atoms with E-state index >= 15 is 0 Å². The Bertz CT molecular complexity index is 3840. The van der Waals surface area contributed by atoms with E-state index in [0.717, 1.165) is 11.4 Å². The van der Waals surface area contributed by atoms with Crippen LogP contribution in [0.15, 0.2) is 218 Å². The third-order valence-electron chi connectivity index (χ3n) is 12.7. The van der Waals surface area contributed by atoms with Gasteiger partial charge in [0.05, 0.1) is 22.1 Å². The molecule has 0 radical (unpaired) electrons. The van der Waals surface area contributed by atoms with Crippen molar-refractivity contribution in [1.82, 2.24) is 9.13 Å². The third kappa shape index (κ3) is 5.28. The lowest BCUT2D eigenvalue weighted by molar-refractivity contribution is 1.16. The van der Waals surface area contributed by atoms with Crippen LogP contribution in [0, 0.1) is 0 Å². The normalized spacial score (nSPS) is 11.9. The molecule has 0 saturated heterocycles. The summed E-state index contributed by atoms with van der Waals surface area (Å²) in [6.45, 7) is 0. The Morgan fingerprint density at radius 2 is 0.836 bits per heavy atom. The van der Waals surface area contributed by atoms with Gasteiger partial charge in [-0.15, -0.1) is 11.3 Å². The molecule has 10 aromatic carbocycles. The molecule has 0 saturated carbocycles. The van der Waals surface area contributed by atoms with Gasteiger partial charge in [0.15, 0.2) is 0 Å². The van der Waals surface area contributed by atoms with Crippen molar-refractivity contribution < 1.29 is 0 Å². The molecule has 0 N–H and O–H groups in total. The van der Waals surface area contributed by atoms with Crippen molar-refractivity contribution in [2.45, 2.75) is 0 Å². The largest absolute Gasteiger partial charge is 0.309 e. The predicted molar refractivity (Wildman–Crippen MR) is 262 cm³/mol. The van der Waals surface area contributed by atoms with Gasteiger partial charge in [0.1, 0.15) is 0 Å². The smallest absolute Gasteiger partial charge is 0.0562 e. The van der Waals surface area contributed by atoms with E-state index in [-0.39, 0.29) is 0 Å². The molecule has 0 bridgehead atoms. The maximum atomic E-state index is 2.48. The number of aromatic nitrogens is 2. The van der Waals surface area contributed by atoms with Crippen molar-refractivity contribution in [3.05, 3.63) is 218 Å². The first-order valence-corrected chi connectivity index (χ1v) is 21.7. The van der Waals surface area contributed by atoms with Crippen LogP contribution >= 0.6 is 11.3 Å². The number of rotatable bonds is 5. The standard InChI is InChI=1S/C58H36N2S/c1-4-14-37(15-5-1)40-27-31-52-49(32-40)51-35-50-46-30-26-41(38-16-6-2-7-17-38)34-53(46)60(54(50)36-55(51)59(52)43-19-8-3-9-20-43)44-28-24-39(25-29-44)48-33-42-18-10-11-21-45(42)57-47-22-12-13-23-56(47)61-58(48)57/h1-36H. The average Bonchev–Trinajstić information content (AvgIpc) is 3.99. The number of hydrogen-bond donors (Lipinski definition) is 0. The molecule has 13 rings (SSSR count). The molecule has 0 atom stereocenters. The summed E-state index contributed by atoms with van der Waals surface area (Å²) in [5.41, 5.74) is 14.4. The van der Waals surface area contributed by atoms with Crippen LogP contribution in [0.4, 0.5) is 0 Å². The molecular weight excluding hydrogens is 757 g/mol. The number of hydrogen-bond acceptors (Lipinski definition) is 1. The van der Waals surface area contributed by atoms with Crippen molar-refractivity contribution in [1.29, 1.82) is 0 Å². The van der Waals surface area contributed by atoms with E-state index in [1.807, 2.05) is 11.3 Å². The Hall–Kier alpha value is -7.72. The number of fused-ring (bicyclic) bond motifs is 11. The van der Waals surface area contributed by atoms with Gasteiger partial charge in [0.25, 0.3) is 0 Å². The Kier molecular flexibility index (Phi) is 7.51. The zero-order valence-electron chi connectivity index (χ0n) is 33.1. The van der Waals surface area contributed by atoms with Gasteiger partial charge < -0.3 is 9.13 Å². The molecular formula is C58H36N2S. The SMILES string of the molecule is c1ccc(-c2ccc3c(c2)c2cc4c5ccc(-c6ccccc6)cc5n(-c5ccc(-c6cc7ccccc7c7c6sc6ccccc67)cc5)c4cc2n3-c2ccccc2)cc1. The van der Waals surface area contributed by atoms with Crippen LogP contribution in [0.2, 0.25) is 0 Å². The third-order valence-corrected chi connectivity index (χ3v) is 13.9. The summed E-state index contributed by atoms with van der Waals surface area (Å²) in [6.07, 6.45) is 0. The molecule has 0 aliphatic rings. The maximum Gasteiger partial charge on any atom is 0.0562 e. The average molecular weight is 793 g/mol. The van der Waals surface area contributed by atoms with Crippen LogP contribution in [0.1, 0.15) is 0 Å². The van der Waals surface area contributed by atoms with E-state index in [4.69, 9.17) is 0 Å². The second-order valence-corrected chi connectivity index (χ2v) is 17.1. The lowest BCUT2D eigenvalue weighted by Crippen LogP contribution is -1.96. The minimum absolute atomic E-state index is 1.13. The van der Waals surface area contributed by atoms with Crippen molar-refractivity contribution in [3.63, 3.8) is 0 Å². The topological polar surface area (TPSA) is 9.86 Å². The molecule has 0 aliphatic heterocycles. The highest BCUT2D eigenvalue weighted by molar-refractivity contribution is 7.26. The summed E-state index contributed by atoms with van der Waals surface area (Å²) >= 11 is 1.90. The number of para-hydroxylation sites is 1. The van der Waals surface area contributed by atoms with Gasteiger partial charge in [-0.25, -0.2) is 0 Å². The first kappa shape index (κ1) is 34.2. The molecule has 284 valence electrons. The molecule has 0 amide bonds. The van der Waals surface area contributed by atoms with E-state index in [1.54, 1.807) is 0 Å². The van der Waals surface area contributed by atoms with Crippen LogP contribution < -0.4 is 0 Å². The molecule has 3 heteroatoms. The maximum absolute atomic E-state index is 2.48. The fourth-order valence-electron chi connectivity index (χ4n) is 9.86. The van der Waals surface area contributed by atoms with Crippen molar-refractivity contribution in [2.75, 3.05) is 0 Å².